The second-order valence-corrected chi connectivity index (χ2v) is 6.10. The van der Waals surface area contributed by atoms with Crippen molar-refractivity contribution in [2.45, 2.75) is 24.2 Å². The maximum Gasteiger partial charge on any atom is 0.339 e. The fourth-order valence-corrected chi connectivity index (χ4v) is 3.60. The molecule has 0 bridgehead atoms. The second-order valence-electron chi connectivity index (χ2n) is 5.19. The van der Waals surface area contributed by atoms with E-state index in [2.05, 4.69) is 0 Å². The van der Waals surface area contributed by atoms with E-state index in [4.69, 9.17) is 5.11 Å². The molecule has 1 aliphatic rings. The predicted molar refractivity (Wildman–Crippen MR) is 79.0 cm³/mol. The number of hydrogen-bond acceptors (Lipinski definition) is 5. The van der Waals surface area contributed by atoms with Gasteiger partial charge in [0, 0.05) is 16.5 Å². The molecular weight excluding hydrogens is 292 g/mol. The van der Waals surface area contributed by atoms with Crippen molar-refractivity contribution < 1.29 is 25.2 Å². The summed E-state index contributed by atoms with van der Waals surface area (Å²) in [7, 11) is 0. The lowest BCUT2D eigenvalue weighted by molar-refractivity contribution is -0.157. The standard InChI is InChI=1S/C15H14O5S/c16-11-6-15(20,14(18)19)5-9(13(11)17)10-7-21-12-4-2-1-3-8(10)12/h1-5,7,11,13,16-17,20H,6H2,(H,18,19)/t11-,13-,15+/m1/s1. The zero-order valence-corrected chi connectivity index (χ0v) is 11.7. The molecule has 0 saturated heterocycles. The van der Waals surface area contributed by atoms with Gasteiger partial charge in [-0.05, 0) is 28.7 Å². The summed E-state index contributed by atoms with van der Waals surface area (Å²) >= 11 is 1.46. The fraction of sp³-hybridized carbons (Fsp3) is 0.267. The van der Waals surface area contributed by atoms with Gasteiger partial charge in [-0.2, -0.15) is 0 Å². The smallest absolute Gasteiger partial charge is 0.339 e. The third-order valence-corrected chi connectivity index (χ3v) is 4.72. The second kappa shape index (κ2) is 4.92. The SMILES string of the molecule is O=C(O)[C@]1(O)C=C(c2csc3ccccc23)[C@@H](O)[C@H](O)C1. The van der Waals surface area contributed by atoms with Crippen LogP contribution in [0, 0.1) is 0 Å². The Bertz CT molecular complexity index is 734. The van der Waals surface area contributed by atoms with Crippen LogP contribution < -0.4 is 0 Å². The molecule has 4 N–H and O–H groups in total. The van der Waals surface area contributed by atoms with Gasteiger partial charge in [-0.25, -0.2) is 4.79 Å². The summed E-state index contributed by atoms with van der Waals surface area (Å²) in [6, 6.07) is 7.50. The first-order chi connectivity index (χ1) is 9.92. The maximum absolute atomic E-state index is 11.2. The molecule has 3 atom stereocenters. The van der Waals surface area contributed by atoms with E-state index in [0.717, 1.165) is 16.2 Å². The number of carboxylic acids is 1. The molecule has 0 saturated carbocycles. The van der Waals surface area contributed by atoms with Crippen molar-refractivity contribution in [2.24, 2.45) is 0 Å². The van der Waals surface area contributed by atoms with Crippen LogP contribution in [0.2, 0.25) is 0 Å². The minimum atomic E-state index is -2.17. The van der Waals surface area contributed by atoms with E-state index in [1.165, 1.54) is 11.3 Å². The molecule has 3 rings (SSSR count). The van der Waals surface area contributed by atoms with E-state index in [0.29, 0.717) is 5.56 Å². The molecule has 1 aromatic carbocycles. The van der Waals surface area contributed by atoms with Gasteiger partial charge < -0.3 is 20.4 Å². The van der Waals surface area contributed by atoms with E-state index < -0.39 is 30.2 Å². The highest BCUT2D eigenvalue weighted by atomic mass is 32.1. The molecule has 0 amide bonds. The number of aliphatic hydroxyl groups is 3. The number of fused-ring (bicyclic) bond motifs is 1. The third-order valence-electron chi connectivity index (χ3n) is 3.76. The molecule has 2 aromatic rings. The Balaban J connectivity index is 2.18. The van der Waals surface area contributed by atoms with Crippen molar-refractivity contribution in [1.82, 2.24) is 0 Å². The van der Waals surface area contributed by atoms with Crippen molar-refractivity contribution in [2.75, 3.05) is 0 Å². The van der Waals surface area contributed by atoms with Gasteiger partial charge in [-0.1, -0.05) is 18.2 Å². The number of hydrogen-bond donors (Lipinski definition) is 4. The molecule has 0 spiro atoms. The van der Waals surface area contributed by atoms with Crippen LogP contribution >= 0.6 is 11.3 Å². The van der Waals surface area contributed by atoms with Gasteiger partial charge in [0.2, 0.25) is 0 Å². The lowest BCUT2D eigenvalue weighted by atomic mass is 9.80. The molecule has 0 radical (unpaired) electrons. The average molecular weight is 306 g/mol. The Morgan fingerprint density at radius 2 is 2.00 bits per heavy atom. The zero-order chi connectivity index (χ0) is 15.2. The number of aliphatic hydroxyl groups excluding tert-OH is 2. The minimum absolute atomic E-state index is 0.246. The molecule has 1 heterocycles. The Morgan fingerprint density at radius 3 is 2.71 bits per heavy atom. The van der Waals surface area contributed by atoms with Gasteiger partial charge in [0.15, 0.2) is 5.60 Å². The normalized spacial score (nSPS) is 29.4. The van der Waals surface area contributed by atoms with Crippen LogP contribution in [-0.2, 0) is 4.79 Å². The fourth-order valence-electron chi connectivity index (χ4n) is 2.63. The summed E-state index contributed by atoms with van der Waals surface area (Å²) < 4.78 is 0.986. The molecule has 0 fully saturated rings. The van der Waals surface area contributed by atoms with Gasteiger partial charge >= 0.3 is 5.97 Å². The van der Waals surface area contributed by atoms with Crippen molar-refractivity contribution in [3.8, 4) is 0 Å². The van der Waals surface area contributed by atoms with E-state index >= 15 is 0 Å². The van der Waals surface area contributed by atoms with Gasteiger partial charge in [-0.3, -0.25) is 0 Å². The first-order valence-corrected chi connectivity index (χ1v) is 7.31. The van der Waals surface area contributed by atoms with Crippen LogP contribution in [0.5, 0.6) is 0 Å². The highest BCUT2D eigenvalue weighted by molar-refractivity contribution is 7.17. The lowest BCUT2D eigenvalue weighted by Gasteiger charge is -2.33. The van der Waals surface area contributed by atoms with Crippen molar-refractivity contribution in [3.63, 3.8) is 0 Å². The third kappa shape index (κ3) is 2.26. The highest BCUT2D eigenvalue weighted by Crippen LogP contribution is 2.38. The summed E-state index contributed by atoms with van der Waals surface area (Å²) in [5.41, 5.74) is -1.28. The quantitative estimate of drug-likeness (QED) is 0.669. The van der Waals surface area contributed by atoms with E-state index in [1.807, 2.05) is 24.3 Å². The molecule has 0 aliphatic heterocycles. The average Bonchev–Trinajstić information content (AvgIpc) is 2.86. The predicted octanol–water partition coefficient (Wildman–Crippen LogP) is 1.23. The minimum Gasteiger partial charge on any atom is -0.479 e. The van der Waals surface area contributed by atoms with Crippen LogP contribution in [-0.4, -0.2) is 44.2 Å². The molecular formula is C15H14O5S. The molecule has 1 aromatic heterocycles. The summed E-state index contributed by atoms with van der Waals surface area (Å²) in [6.45, 7) is 0. The maximum atomic E-state index is 11.2. The number of carboxylic acid groups (broad SMARTS) is 1. The molecule has 1 aliphatic carbocycles. The Morgan fingerprint density at radius 1 is 1.29 bits per heavy atom. The summed E-state index contributed by atoms with van der Waals surface area (Å²) in [5, 5.41) is 42.0. The number of benzene rings is 1. The number of aliphatic carboxylic acids is 1. The topological polar surface area (TPSA) is 98.0 Å². The molecule has 6 heteroatoms. The van der Waals surface area contributed by atoms with Crippen LogP contribution in [0.15, 0.2) is 35.7 Å². The summed E-state index contributed by atoms with van der Waals surface area (Å²) in [5.74, 6) is -1.44. The molecule has 5 nitrogen and oxygen atoms in total. The Hall–Kier alpha value is -1.73. The lowest BCUT2D eigenvalue weighted by Crippen LogP contribution is -2.47. The Labute approximate surface area is 124 Å². The zero-order valence-electron chi connectivity index (χ0n) is 10.9. The van der Waals surface area contributed by atoms with Crippen LogP contribution in [0.3, 0.4) is 0 Å². The van der Waals surface area contributed by atoms with E-state index in [9.17, 15) is 20.1 Å². The van der Waals surface area contributed by atoms with Crippen LogP contribution in [0.1, 0.15) is 12.0 Å². The van der Waals surface area contributed by atoms with Crippen molar-refractivity contribution >= 4 is 33.0 Å². The molecule has 21 heavy (non-hydrogen) atoms. The van der Waals surface area contributed by atoms with Gasteiger partial charge in [0.1, 0.15) is 6.10 Å². The van der Waals surface area contributed by atoms with Gasteiger partial charge in [-0.15, -0.1) is 11.3 Å². The summed E-state index contributed by atoms with van der Waals surface area (Å²) in [6.07, 6.45) is -1.84. The number of thiophene rings is 1. The molecule has 0 unspecified atom stereocenters. The largest absolute Gasteiger partial charge is 0.479 e. The monoisotopic (exact) mass is 306 g/mol. The number of carbonyl (C=O) groups is 1. The van der Waals surface area contributed by atoms with Crippen molar-refractivity contribution in [3.05, 3.63) is 41.3 Å². The first kappa shape index (κ1) is 14.2. The highest BCUT2D eigenvalue weighted by Gasteiger charge is 2.44. The summed E-state index contributed by atoms with van der Waals surface area (Å²) in [4.78, 5) is 11.2. The van der Waals surface area contributed by atoms with Crippen LogP contribution in [0.25, 0.3) is 15.7 Å². The number of rotatable bonds is 2. The van der Waals surface area contributed by atoms with Crippen LogP contribution in [0.4, 0.5) is 0 Å². The first-order valence-electron chi connectivity index (χ1n) is 6.43. The van der Waals surface area contributed by atoms with Crippen molar-refractivity contribution in [1.29, 1.82) is 0 Å². The molecule has 110 valence electrons. The van der Waals surface area contributed by atoms with Gasteiger partial charge in [0.05, 0.1) is 6.10 Å². The van der Waals surface area contributed by atoms with E-state index in [-0.39, 0.29) is 5.57 Å². The van der Waals surface area contributed by atoms with E-state index in [1.54, 1.807) is 5.38 Å². The Kier molecular flexibility index (Phi) is 3.33. The van der Waals surface area contributed by atoms with Gasteiger partial charge in [0.25, 0.3) is 0 Å².